The third-order valence-electron chi connectivity index (χ3n) is 3.02. The van der Waals surface area contributed by atoms with E-state index in [2.05, 4.69) is 0 Å². The summed E-state index contributed by atoms with van der Waals surface area (Å²) in [7, 11) is 0. The van der Waals surface area contributed by atoms with Crippen LogP contribution in [0, 0.1) is 0 Å². The van der Waals surface area contributed by atoms with Gasteiger partial charge >= 0.3 is 12.1 Å². The van der Waals surface area contributed by atoms with Crippen LogP contribution >= 0.6 is 0 Å². The van der Waals surface area contributed by atoms with Crippen LogP contribution in [0.25, 0.3) is 0 Å². The number of carbonyl (C=O) groups is 2. The number of carboxylic acids is 1. The zero-order chi connectivity index (χ0) is 17.1. The van der Waals surface area contributed by atoms with E-state index in [1.54, 1.807) is 18.2 Å². The summed E-state index contributed by atoms with van der Waals surface area (Å²) in [6.07, 6.45) is -6.30. The van der Waals surface area contributed by atoms with Gasteiger partial charge in [-0.3, -0.25) is 4.79 Å². The summed E-state index contributed by atoms with van der Waals surface area (Å²) < 4.78 is 37.1. The highest BCUT2D eigenvalue weighted by atomic mass is 19.4. The van der Waals surface area contributed by atoms with Crippen molar-refractivity contribution in [2.75, 3.05) is 0 Å². The fourth-order valence-corrected chi connectivity index (χ4v) is 2.00. The molecule has 1 aromatic carbocycles. The fourth-order valence-electron chi connectivity index (χ4n) is 2.00. The van der Waals surface area contributed by atoms with Gasteiger partial charge in [-0.2, -0.15) is 13.2 Å². The predicted molar refractivity (Wildman–Crippen MR) is 74.7 cm³/mol. The van der Waals surface area contributed by atoms with E-state index in [1.165, 1.54) is 6.07 Å². The number of alkyl halides is 3. The molecule has 1 unspecified atom stereocenters. The van der Waals surface area contributed by atoms with Gasteiger partial charge in [-0.1, -0.05) is 39.0 Å². The maximum absolute atomic E-state index is 12.4. The summed E-state index contributed by atoms with van der Waals surface area (Å²) in [5.41, 5.74) is 0.392. The number of carbonyl (C=O) groups excluding carboxylic acids is 1. The van der Waals surface area contributed by atoms with E-state index in [-0.39, 0.29) is 5.56 Å². The molecule has 122 valence electrons. The number of hydrogen-bond acceptors (Lipinski definition) is 2. The van der Waals surface area contributed by atoms with E-state index in [9.17, 15) is 22.8 Å². The minimum Gasteiger partial charge on any atom is -0.480 e. The lowest BCUT2D eigenvalue weighted by Gasteiger charge is -2.23. The van der Waals surface area contributed by atoms with Crippen molar-refractivity contribution < 1.29 is 27.9 Å². The predicted octanol–water partition coefficient (Wildman–Crippen LogP) is 3.12. The number of halogens is 3. The molecule has 0 heterocycles. The molecule has 0 aliphatic heterocycles. The number of hydrogen-bond donors (Lipinski definition) is 2. The van der Waals surface area contributed by atoms with Crippen LogP contribution in [0.2, 0.25) is 0 Å². The number of benzene rings is 1. The molecule has 0 aliphatic carbocycles. The van der Waals surface area contributed by atoms with Crippen molar-refractivity contribution in [3.63, 3.8) is 0 Å². The van der Waals surface area contributed by atoms with Crippen molar-refractivity contribution in [1.29, 1.82) is 0 Å². The summed E-state index contributed by atoms with van der Waals surface area (Å²) in [6, 6.07) is 4.42. The zero-order valence-corrected chi connectivity index (χ0v) is 12.5. The largest absolute Gasteiger partial charge is 0.480 e. The summed E-state index contributed by atoms with van der Waals surface area (Å²) in [6.45, 7) is 5.55. The molecule has 7 heteroatoms. The molecule has 0 saturated carbocycles. The SMILES string of the molecule is CC(C)(C)c1ccccc1C(=O)NC(CC(F)(F)F)C(=O)O. The fraction of sp³-hybridized carbons (Fsp3) is 0.467. The first-order valence-corrected chi connectivity index (χ1v) is 6.62. The zero-order valence-electron chi connectivity index (χ0n) is 12.5. The molecule has 0 saturated heterocycles. The molecular weight excluding hydrogens is 299 g/mol. The monoisotopic (exact) mass is 317 g/mol. The van der Waals surface area contributed by atoms with Gasteiger partial charge in [0, 0.05) is 5.56 Å². The van der Waals surface area contributed by atoms with Crippen molar-refractivity contribution in [3.05, 3.63) is 35.4 Å². The van der Waals surface area contributed by atoms with Crippen LogP contribution in [0.4, 0.5) is 13.2 Å². The number of carboxylic acid groups (broad SMARTS) is 1. The quantitative estimate of drug-likeness (QED) is 0.896. The van der Waals surface area contributed by atoms with Crippen molar-refractivity contribution >= 4 is 11.9 Å². The average molecular weight is 317 g/mol. The molecule has 0 fully saturated rings. The smallest absolute Gasteiger partial charge is 0.391 e. The molecule has 1 aromatic rings. The Morgan fingerprint density at radius 3 is 2.18 bits per heavy atom. The van der Waals surface area contributed by atoms with Crippen LogP contribution in [0.1, 0.15) is 43.1 Å². The molecule has 0 bridgehead atoms. The van der Waals surface area contributed by atoms with Gasteiger partial charge in [0.2, 0.25) is 0 Å². The summed E-state index contributed by atoms with van der Waals surface area (Å²) in [4.78, 5) is 23.1. The van der Waals surface area contributed by atoms with Crippen LogP contribution in [0.3, 0.4) is 0 Å². The van der Waals surface area contributed by atoms with Crippen LogP contribution in [-0.2, 0) is 10.2 Å². The molecule has 0 spiro atoms. The maximum Gasteiger partial charge on any atom is 0.391 e. The Labute approximate surface area is 126 Å². The van der Waals surface area contributed by atoms with E-state index in [1.807, 2.05) is 26.1 Å². The molecule has 1 atom stereocenters. The molecule has 2 N–H and O–H groups in total. The third-order valence-corrected chi connectivity index (χ3v) is 3.02. The molecule has 22 heavy (non-hydrogen) atoms. The van der Waals surface area contributed by atoms with Gasteiger partial charge in [0.25, 0.3) is 5.91 Å². The summed E-state index contributed by atoms with van der Waals surface area (Å²) >= 11 is 0. The Kier molecular flexibility index (Phi) is 5.22. The lowest BCUT2D eigenvalue weighted by molar-refractivity contribution is -0.157. The van der Waals surface area contributed by atoms with E-state index in [4.69, 9.17) is 5.11 Å². The number of rotatable bonds is 4. The second-order valence-electron chi connectivity index (χ2n) is 5.98. The van der Waals surface area contributed by atoms with Crippen molar-refractivity contribution in [3.8, 4) is 0 Å². The standard InChI is InChI=1S/C15H18F3NO3/c1-14(2,3)10-7-5-4-6-9(10)12(20)19-11(13(21)22)8-15(16,17)18/h4-7,11H,8H2,1-3H3,(H,19,20)(H,21,22). The lowest BCUT2D eigenvalue weighted by atomic mass is 9.83. The van der Waals surface area contributed by atoms with Gasteiger partial charge in [0.1, 0.15) is 6.04 Å². The molecular formula is C15H18F3NO3. The number of nitrogens with one attached hydrogen (secondary N) is 1. The highest BCUT2D eigenvalue weighted by Gasteiger charge is 2.36. The third kappa shape index (κ3) is 5.05. The van der Waals surface area contributed by atoms with Crippen molar-refractivity contribution in [1.82, 2.24) is 5.32 Å². The first-order chi connectivity index (χ1) is 9.92. The molecule has 1 rings (SSSR count). The maximum atomic E-state index is 12.4. The minimum atomic E-state index is -4.68. The number of amides is 1. The van der Waals surface area contributed by atoms with Gasteiger partial charge in [-0.05, 0) is 17.0 Å². The van der Waals surface area contributed by atoms with Crippen molar-refractivity contribution in [2.24, 2.45) is 0 Å². The van der Waals surface area contributed by atoms with Crippen molar-refractivity contribution in [2.45, 2.75) is 44.8 Å². The Hall–Kier alpha value is -2.05. The van der Waals surface area contributed by atoms with E-state index < -0.39 is 35.9 Å². The highest BCUT2D eigenvalue weighted by Crippen LogP contribution is 2.26. The number of aliphatic carboxylic acids is 1. The van der Waals surface area contributed by atoms with E-state index >= 15 is 0 Å². The van der Waals surface area contributed by atoms with Gasteiger partial charge in [0.05, 0.1) is 6.42 Å². The minimum absolute atomic E-state index is 0.170. The molecule has 4 nitrogen and oxygen atoms in total. The van der Waals surface area contributed by atoms with E-state index in [0.29, 0.717) is 5.56 Å². The second-order valence-corrected chi connectivity index (χ2v) is 5.98. The van der Waals surface area contributed by atoms with Gasteiger partial charge in [0.15, 0.2) is 0 Å². The topological polar surface area (TPSA) is 66.4 Å². The normalized spacial score (nSPS) is 13.5. The Balaban J connectivity index is 3.04. The average Bonchev–Trinajstić information content (AvgIpc) is 2.35. The van der Waals surface area contributed by atoms with Gasteiger partial charge in [-0.25, -0.2) is 4.79 Å². The Bertz CT molecular complexity index is 562. The van der Waals surface area contributed by atoms with E-state index in [0.717, 1.165) is 0 Å². The van der Waals surface area contributed by atoms with Crippen LogP contribution in [-0.4, -0.2) is 29.2 Å². The molecule has 1 amide bonds. The van der Waals surface area contributed by atoms with Gasteiger partial charge < -0.3 is 10.4 Å². The first-order valence-electron chi connectivity index (χ1n) is 6.62. The summed E-state index contributed by atoms with van der Waals surface area (Å²) in [5.74, 6) is -2.55. The second kappa shape index (κ2) is 6.37. The lowest BCUT2D eigenvalue weighted by Crippen LogP contribution is -2.44. The van der Waals surface area contributed by atoms with Crippen LogP contribution < -0.4 is 5.32 Å². The molecule has 0 aliphatic rings. The van der Waals surface area contributed by atoms with Gasteiger partial charge in [-0.15, -0.1) is 0 Å². The molecule has 0 radical (unpaired) electrons. The Morgan fingerprint density at radius 2 is 1.73 bits per heavy atom. The highest BCUT2D eigenvalue weighted by molar-refractivity contribution is 5.98. The van der Waals surface area contributed by atoms with Crippen LogP contribution in [0.5, 0.6) is 0 Å². The Morgan fingerprint density at radius 1 is 1.18 bits per heavy atom. The van der Waals surface area contributed by atoms with Crippen LogP contribution in [0.15, 0.2) is 24.3 Å². The molecule has 0 aromatic heterocycles. The first kappa shape index (κ1) is 18.0. The summed E-state index contributed by atoms with van der Waals surface area (Å²) in [5, 5.41) is 10.8.